The normalized spacial score (nSPS) is 33.9. The van der Waals surface area contributed by atoms with Crippen molar-refractivity contribution in [2.75, 3.05) is 19.7 Å². The third-order valence-electron chi connectivity index (χ3n) is 4.57. The second kappa shape index (κ2) is 5.12. The summed E-state index contributed by atoms with van der Waals surface area (Å²) in [5.41, 5.74) is 0. The lowest BCUT2D eigenvalue weighted by molar-refractivity contribution is -0.141. The van der Waals surface area contributed by atoms with E-state index in [1.807, 2.05) is 4.90 Å². The molecule has 2 saturated carbocycles. The Morgan fingerprint density at radius 2 is 2.11 bits per heavy atom. The Labute approximate surface area is 113 Å². The van der Waals surface area contributed by atoms with Crippen LogP contribution < -0.4 is 5.32 Å². The van der Waals surface area contributed by atoms with E-state index in [0.29, 0.717) is 19.1 Å². The number of rotatable bonds is 3. The minimum absolute atomic E-state index is 0.00806. The summed E-state index contributed by atoms with van der Waals surface area (Å²) in [7, 11) is 0. The first kappa shape index (κ1) is 12.9. The molecular formula is C14H22N2O3. The Bertz CT molecular complexity index is 381. The van der Waals surface area contributed by atoms with Crippen molar-refractivity contribution in [1.82, 2.24) is 10.2 Å². The molecule has 5 heteroatoms. The summed E-state index contributed by atoms with van der Waals surface area (Å²) in [4.78, 5) is 25.6. The number of carbonyl (C=O) groups is 2. The first-order valence-corrected chi connectivity index (χ1v) is 7.31. The van der Waals surface area contributed by atoms with Crippen molar-refractivity contribution in [2.24, 2.45) is 11.8 Å². The van der Waals surface area contributed by atoms with Crippen LogP contribution in [0.5, 0.6) is 0 Å². The highest BCUT2D eigenvalue weighted by molar-refractivity contribution is 5.79. The van der Waals surface area contributed by atoms with Crippen molar-refractivity contribution in [3.8, 4) is 0 Å². The second-order valence-electron chi connectivity index (χ2n) is 6.05. The number of hydrogen-bond acceptors (Lipinski definition) is 3. The molecule has 3 atom stereocenters. The van der Waals surface area contributed by atoms with Gasteiger partial charge in [-0.2, -0.15) is 0 Å². The Kier molecular flexibility index (Phi) is 3.48. The van der Waals surface area contributed by atoms with Gasteiger partial charge in [-0.05, 0) is 31.6 Å². The minimum Gasteiger partial charge on any atom is -0.374 e. The van der Waals surface area contributed by atoms with E-state index in [1.165, 1.54) is 12.8 Å². The Hall–Kier alpha value is -1.10. The van der Waals surface area contributed by atoms with Gasteiger partial charge in [-0.25, -0.2) is 0 Å². The Morgan fingerprint density at radius 1 is 1.32 bits per heavy atom. The molecule has 1 heterocycles. The summed E-state index contributed by atoms with van der Waals surface area (Å²) in [5.74, 6) is 0.956. The lowest BCUT2D eigenvalue weighted by Gasteiger charge is -2.36. The third kappa shape index (κ3) is 2.76. The lowest BCUT2D eigenvalue weighted by Crippen LogP contribution is -2.50. The number of carbonyl (C=O) groups excluding carboxylic acids is 2. The average molecular weight is 266 g/mol. The average Bonchev–Trinajstić information content (AvgIpc) is 3.11. The largest absolute Gasteiger partial charge is 0.374 e. The van der Waals surface area contributed by atoms with Crippen LogP contribution in [-0.4, -0.2) is 48.6 Å². The van der Waals surface area contributed by atoms with Crippen LogP contribution in [0.2, 0.25) is 0 Å². The van der Waals surface area contributed by atoms with Gasteiger partial charge in [-0.3, -0.25) is 9.59 Å². The van der Waals surface area contributed by atoms with Crippen molar-refractivity contribution in [2.45, 2.75) is 44.8 Å². The van der Waals surface area contributed by atoms with Crippen molar-refractivity contribution < 1.29 is 14.3 Å². The standard InChI is InChI=1S/C14H22N2O3/c1-9(17)16-4-5-19-13-7-11(6-12(13)16)14(18)15-8-10-2-3-10/h10-13H,2-8H2,1H3,(H,15,18)/t11-,12+,13+/m0/s1. The predicted octanol–water partition coefficient (Wildman–Crippen LogP) is 0.539. The fourth-order valence-electron chi connectivity index (χ4n) is 3.27. The van der Waals surface area contributed by atoms with Gasteiger partial charge in [-0.1, -0.05) is 0 Å². The van der Waals surface area contributed by atoms with Crippen molar-refractivity contribution >= 4 is 11.8 Å². The number of fused-ring (bicyclic) bond motifs is 1. The molecule has 3 aliphatic rings. The molecular weight excluding hydrogens is 244 g/mol. The second-order valence-corrected chi connectivity index (χ2v) is 6.05. The van der Waals surface area contributed by atoms with Gasteiger partial charge in [0.05, 0.1) is 18.8 Å². The maximum atomic E-state index is 12.1. The van der Waals surface area contributed by atoms with Crippen LogP contribution in [0.25, 0.3) is 0 Å². The van der Waals surface area contributed by atoms with Gasteiger partial charge in [0.1, 0.15) is 0 Å². The highest BCUT2D eigenvalue weighted by Crippen LogP contribution is 2.35. The monoisotopic (exact) mass is 266 g/mol. The molecule has 0 aromatic heterocycles. The first-order valence-electron chi connectivity index (χ1n) is 7.31. The van der Waals surface area contributed by atoms with Crippen molar-refractivity contribution in [3.05, 3.63) is 0 Å². The Balaban J connectivity index is 1.57. The van der Waals surface area contributed by atoms with Gasteiger partial charge in [0, 0.05) is 25.9 Å². The lowest BCUT2D eigenvalue weighted by atomic mass is 10.1. The number of nitrogens with zero attached hydrogens (tertiary/aromatic N) is 1. The van der Waals surface area contributed by atoms with E-state index >= 15 is 0 Å². The predicted molar refractivity (Wildman–Crippen MR) is 69.4 cm³/mol. The summed E-state index contributed by atoms with van der Waals surface area (Å²) < 4.78 is 5.73. The smallest absolute Gasteiger partial charge is 0.223 e. The van der Waals surface area contributed by atoms with Gasteiger partial charge in [0.25, 0.3) is 0 Å². The molecule has 5 nitrogen and oxygen atoms in total. The molecule has 1 aliphatic heterocycles. The molecule has 3 rings (SSSR count). The van der Waals surface area contributed by atoms with E-state index < -0.39 is 0 Å². The highest BCUT2D eigenvalue weighted by atomic mass is 16.5. The number of hydrogen-bond donors (Lipinski definition) is 1. The van der Waals surface area contributed by atoms with Crippen LogP contribution in [0, 0.1) is 11.8 Å². The SMILES string of the molecule is CC(=O)N1CCO[C@@H]2C[C@@H](C(=O)NCC3CC3)C[C@H]21. The zero-order valence-electron chi connectivity index (χ0n) is 11.4. The maximum Gasteiger partial charge on any atom is 0.223 e. The molecule has 19 heavy (non-hydrogen) atoms. The fraction of sp³-hybridized carbons (Fsp3) is 0.857. The molecule has 0 spiro atoms. The summed E-state index contributed by atoms with van der Waals surface area (Å²) in [5, 5.41) is 3.04. The molecule has 0 aromatic carbocycles. The van der Waals surface area contributed by atoms with E-state index in [-0.39, 0.29) is 29.9 Å². The fourth-order valence-corrected chi connectivity index (χ4v) is 3.27. The molecule has 0 radical (unpaired) electrons. The molecule has 106 valence electrons. The van der Waals surface area contributed by atoms with Crippen LogP contribution in [0.1, 0.15) is 32.6 Å². The van der Waals surface area contributed by atoms with E-state index in [0.717, 1.165) is 19.4 Å². The maximum absolute atomic E-state index is 12.1. The molecule has 2 amide bonds. The van der Waals surface area contributed by atoms with Gasteiger partial charge < -0.3 is 15.0 Å². The number of morpholine rings is 1. The van der Waals surface area contributed by atoms with E-state index in [4.69, 9.17) is 4.74 Å². The van der Waals surface area contributed by atoms with E-state index in [1.54, 1.807) is 6.92 Å². The number of amides is 2. The molecule has 2 aliphatic carbocycles. The van der Waals surface area contributed by atoms with Crippen LogP contribution in [0.4, 0.5) is 0 Å². The van der Waals surface area contributed by atoms with Gasteiger partial charge in [0.15, 0.2) is 0 Å². The molecule has 1 saturated heterocycles. The van der Waals surface area contributed by atoms with Crippen molar-refractivity contribution in [1.29, 1.82) is 0 Å². The summed E-state index contributed by atoms with van der Waals surface area (Å²) in [6, 6.07) is 0.0999. The molecule has 3 fully saturated rings. The highest BCUT2D eigenvalue weighted by Gasteiger charge is 2.44. The summed E-state index contributed by atoms with van der Waals surface area (Å²) in [6.07, 6.45) is 4.05. The summed E-state index contributed by atoms with van der Waals surface area (Å²) in [6.45, 7) is 3.68. The molecule has 0 unspecified atom stereocenters. The Morgan fingerprint density at radius 3 is 2.79 bits per heavy atom. The molecule has 1 N–H and O–H groups in total. The van der Waals surface area contributed by atoms with E-state index in [2.05, 4.69) is 5.32 Å². The first-order chi connectivity index (χ1) is 9.15. The topological polar surface area (TPSA) is 58.6 Å². The van der Waals surface area contributed by atoms with Gasteiger partial charge >= 0.3 is 0 Å². The quantitative estimate of drug-likeness (QED) is 0.811. The van der Waals surface area contributed by atoms with Crippen LogP contribution in [-0.2, 0) is 14.3 Å². The third-order valence-corrected chi connectivity index (χ3v) is 4.57. The van der Waals surface area contributed by atoms with Gasteiger partial charge in [-0.15, -0.1) is 0 Å². The number of nitrogens with one attached hydrogen (secondary N) is 1. The zero-order chi connectivity index (χ0) is 13.4. The number of ether oxygens (including phenoxy) is 1. The zero-order valence-corrected chi connectivity index (χ0v) is 11.4. The molecule has 0 aromatic rings. The van der Waals surface area contributed by atoms with Crippen LogP contribution >= 0.6 is 0 Å². The van der Waals surface area contributed by atoms with Crippen LogP contribution in [0.3, 0.4) is 0 Å². The minimum atomic E-state index is 0.00806. The molecule has 0 bridgehead atoms. The van der Waals surface area contributed by atoms with E-state index in [9.17, 15) is 9.59 Å². The summed E-state index contributed by atoms with van der Waals surface area (Å²) >= 11 is 0. The van der Waals surface area contributed by atoms with Crippen molar-refractivity contribution in [3.63, 3.8) is 0 Å². The van der Waals surface area contributed by atoms with Crippen LogP contribution in [0.15, 0.2) is 0 Å². The van der Waals surface area contributed by atoms with Gasteiger partial charge in [0.2, 0.25) is 11.8 Å².